The van der Waals surface area contributed by atoms with Crippen LogP contribution in [0.4, 0.5) is 0 Å². The Morgan fingerprint density at radius 3 is 2.47 bits per heavy atom. The van der Waals surface area contributed by atoms with Gasteiger partial charge in [0.15, 0.2) is 0 Å². The molecule has 1 aromatic rings. The van der Waals surface area contributed by atoms with Crippen LogP contribution in [0.15, 0.2) is 24.3 Å². The number of hydrogen-bond donors (Lipinski definition) is 1. The Morgan fingerprint density at radius 1 is 1.12 bits per heavy atom. The number of rotatable bonds is 5. The summed E-state index contributed by atoms with van der Waals surface area (Å²) in [6.07, 6.45) is 7.77. The quantitative estimate of drug-likeness (QED) is 0.623. The molecule has 0 spiro atoms. The van der Waals surface area contributed by atoms with Crippen LogP contribution in [0, 0.1) is 0 Å². The van der Waals surface area contributed by atoms with Gasteiger partial charge in [-0.2, -0.15) is 0 Å². The van der Waals surface area contributed by atoms with Crippen molar-refractivity contribution in [1.29, 1.82) is 0 Å². The zero-order valence-corrected chi connectivity index (χ0v) is 10.3. The SMILES string of the molecule is O=CCNCc1ccc(C2CCCCC2)cc1. The van der Waals surface area contributed by atoms with Crippen molar-refractivity contribution < 1.29 is 4.79 Å². The van der Waals surface area contributed by atoms with Crippen molar-refractivity contribution in [3.63, 3.8) is 0 Å². The van der Waals surface area contributed by atoms with Crippen LogP contribution in [-0.4, -0.2) is 12.8 Å². The molecule has 0 saturated heterocycles. The first kappa shape index (κ1) is 12.3. The van der Waals surface area contributed by atoms with Gasteiger partial charge in [0.2, 0.25) is 0 Å². The number of benzene rings is 1. The van der Waals surface area contributed by atoms with Crippen LogP contribution >= 0.6 is 0 Å². The first-order chi connectivity index (χ1) is 8.40. The number of hydrogen-bond acceptors (Lipinski definition) is 2. The molecular weight excluding hydrogens is 210 g/mol. The third kappa shape index (κ3) is 3.67. The molecule has 0 aliphatic heterocycles. The molecule has 2 rings (SSSR count). The molecule has 0 unspecified atom stereocenters. The predicted molar refractivity (Wildman–Crippen MR) is 70.0 cm³/mol. The molecule has 1 N–H and O–H groups in total. The van der Waals surface area contributed by atoms with Crippen LogP contribution < -0.4 is 5.32 Å². The molecule has 92 valence electrons. The normalized spacial score (nSPS) is 16.9. The van der Waals surface area contributed by atoms with E-state index in [2.05, 4.69) is 29.6 Å². The van der Waals surface area contributed by atoms with Gasteiger partial charge in [-0.15, -0.1) is 0 Å². The maximum atomic E-state index is 10.2. The average molecular weight is 231 g/mol. The Morgan fingerprint density at radius 2 is 1.82 bits per heavy atom. The minimum Gasteiger partial charge on any atom is -0.306 e. The third-order valence-electron chi connectivity index (χ3n) is 3.61. The van der Waals surface area contributed by atoms with Gasteiger partial charge in [-0.05, 0) is 29.9 Å². The number of carbonyl (C=O) groups is 1. The van der Waals surface area contributed by atoms with Gasteiger partial charge in [-0.25, -0.2) is 0 Å². The minimum atomic E-state index is 0.435. The fourth-order valence-corrected chi connectivity index (χ4v) is 2.62. The molecule has 0 aromatic heterocycles. The standard InChI is InChI=1S/C15H21NO/c17-11-10-16-12-13-6-8-15(9-7-13)14-4-2-1-3-5-14/h6-9,11,14,16H,1-5,10,12H2. The fraction of sp³-hybridized carbons (Fsp3) is 0.533. The first-order valence-corrected chi connectivity index (χ1v) is 6.63. The van der Waals surface area contributed by atoms with Crippen molar-refractivity contribution in [2.75, 3.05) is 6.54 Å². The number of nitrogens with one attached hydrogen (secondary N) is 1. The van der Waals surface area contributed by atoms with Gasteiger partial charge in [0.05, 0.1) is 6.54 Å². The van der Waals surface area contributed by atoms with Gasteiger partial charge >= 0.3 is 0 Å². The predicted octanol–water partition coefficient (Wildman–Crippen LogP) is 3.02. The van der Waals surface area contributed by atoms with Crippen molar-refractivity contribution in [1.82, 2.24) is 5.32 Å². The summed E-state index contributed by atoms with van der Waals surface area (Å²) in [7, 11) is 0. The van der Waals surface area contributed by atoms with Crippen LogP contribution in [0.3, 0.4) is 0 Å². The largest absolute Gasteiger partial charge is 0.306 e. The molecule has 1 aromatic carbocycles. The second-order valence-electron chi connectivity index (χ2n) is 4.87. The van der Waals surface area contributed by atoms with E-state index in [0.717, 1.165) is 18.7 Å². The van der Waals surface area contributed by atoms with Crippen molar-refractivity contribution in [2.24, 2.45) is 0 Å². The van der Waals surface area contributed by atoms with E-state index in [4.69, 9.17) is 0 Å². The summed E-state index contributed by atoms with van der Waals surface area (Å²) >= 11 is 0. The van der Waals surface area contributed by atoms with E-state index in [0.29, 0.717) is 6.54 Å². The van der Waals surface area contributed by atoms with Gasteiger partial charge < -0.3 is 10.1 Å². The third-order valence-corrected chi connectivity index (χ3v) is 3.61. The summed E-state index contributed by atoms with van der Waals surface area (Å²) in [6.45, 7) is 1.22. The molecule has 0 atom stereocenters. The highest BCUT2D eigenvalue weighted by atomic mass is 16.1. The lowest BCUT2D eigenvalue weighted by Crippen LogP contribution is -2.15. The summed E-state index contributed by atoms with van der Waals surface area (Å²) in [5.41, 5.74) is 2.75. The molecule has 0 bridgehead atoms. The molecule has 0 amide bonds. The first-order valence-electron chi connectivity index (χ1n) is 6.63. The number of carbonyl (C=O) groups excluding carboxylic acids is 1. The summed E-state index contributed by atoms with van der Waals surface area (Å²) in [5, 5.41) is 3.08. The van der Waals surface area contributed by atoms with E-state index < -0.39 is 0 Å². The van der Waals surface area contributed by atoms with E-state index in [1.54, 1.807) is 0 Å². The minimum absolute atomic E-state index is 0.435. The second-order valence-corrected chi connectivity index (χ2v) is 4.87. The second kappa shape index (κ2) is 6.55. The highest BCUT2D eigenvalue weighted by molar-refractivity contribution is 5.51. The van der Waals surface area contributed by atoms with E-state index in [1.807, 2.05) is 0 Å². The molecule has 1 aliphatic carbocycles. The van der Waals surface area contributed by atoms with Gasteiger partial charge in [-0.3, -0.25) is 0 Å². The van der Waals surface area contributed by atoms with Gasteiger partial charge in [0.1, 0.15) is 6.29 Å². The molecule has 1 aliphatic rings. The Kier molecular flexibility index (Phi) is 4.75. The van der Waals surface area contributed by atoms with E-state index in [-0.39, 0.29) is 0 Å². The Hall–Kier alpha value is -1.15. The molecule has 2 heteroatoms. The number of aldehydes is 1. The average Bonchev–Trinajstić information content (AvgIpc) is 2.41. The van der Waals surface area contributed by atoms with Gasteiger partial charge in [0, 0.05) is 6.54 Å². The van der Waals surface area contributed by atoms with Crippen molar-refractivity contribution >= 4 is 6.29 Å². The lowest BCUT2D eigenvalue weighted by atomic mass is 9.84. The van der Waals surface area contributed by atoms with Crippen LogP contribution in [0.1, 0.15) is 49.1 Å². The van der Waals surface area contributed by atoms with Crippen LogP contribution in [0.25, 0.3) is 0 Å². The molecule has 17 heavy (non-hydrogen) atoms. The smallest absolute Gasteiger partial charge is 0.133 e. The Bertz CT molecular complexity index is 338. The molecule has 2 nitrogen and oxygen atoms in total. The lowest BCUT2D eigenvalue weighted by Gasteiger charge is -2.22. The highest BCUT2D eigenvalue weighted by Gasteiger charge is 2.14. The summed E-state index contributed by atoms with van der Waals surface area (Å²) in [4.78, 5) is 10.2. The van der Waals surface area contributed by atoms with Gasteiger partial charge in [0.25, 0.3) is 0 Å². The lowest BCUT2D eigenvalue weighted by molar-refractivity contribution is -0.107. The summed E-state index contributed by atoms with van der Waals surface area (Å²) in [5.74, 6) is 0.778. The molecule has 0 heterocycles. The van der Waals surface area contributed by atoms with Crippen LogP contribution in [0.5, 0.6) is 0 Å². The summed E-state index contributed by atoms with van der Waals surface area (Å²) < 4.78 is 0. The van der Waals surface area contributed by atoms with E-state index in [1.165, 1.54) is 43.2 Å². The van der Waals surface area contributed by atoms with Crippen molar-refractivity contribution in [3.05, 3.63) is 35.4 Å². The van der Waals surface area contributed by atoms with Crippen LogP contribution in [0.2, 0.25) is 0 Å². The molecular formula is C15H21NO. The highest BCUT2D eigenvalue weighted by Crippen LogP contribution is 2.32. The summed E-state index contributed by atoms with van der Waals surface area (Å²) in [6, 6.07) is 8.88. The maximum Gasteiger partial charge on any atom is 0.133 e. The molecule has 1 saturated carbocycles. The Labute approximate surface area is 103 Å². The maximum absolute atomic E-state index is 10.2. The van der Waals surface area contributed by atoms with Crippen molar-refractivity contribution in [2.45, 2.75) is 44.6 Å². The van der Waals surface area contributed by atoms with E-state index >= 15 is 0 Å². The van der Waals surface area contributed by atoms with E-state index in [9.17, 15) is 4.79 Å². The van der Waals surface area contributed by atoms with Gasteiger partial charge in [-0.1, -0.05) is 43.5 Å². The monoisotopic (exact) mass is 231 g/mol. The topological polar surface area (TPSA) is 29.1 Å². The Balaban J connectivity index is 1.90. The molecule has 1 fully saturated rings. The van der Waals surface area contributed by atoms with Crippen LogP contribution in [-0.2, 0) is 11.3 Å². The zero-order valence-electron chi connectivity index (χ0n) is 10.3. The fourth-order valence-electron chi connectivity index (χ4n) is 2.62. The van der Waals surface area contributed by atoms with Crippen molar-refractivity contribution in [3.8, 4) is 0 Å². The zero-order chi connectivity index (χ0) is 11.9. The molecule has 0 radical (unpaired) electrons.